The van der Waals surface area contributed by atoms with E-state index < -0.39 is 0 Å². The van der Waals surface area contributed by atoms with Crippen LogP contribution in [0.15, 0.2) is 60.7 Å². The summed E-state index contributed by atoms with van der Waals surface area (Å²) in [6.45, 7) is 3.94. The van der Waals surface area contributed by atoms with E-state index in [0.29, 0.717) is 19.6 Å². The van der Waals surface area contributed by atoms with E-state index in [1.807, 2.05) is 29.2 Å². The third-order valence-electron chi connectivity index (χ3n) is 6.11. The molecule has 2 atom stereocenters. The number of nitrogens with zero attached hydrogens (tertiary/aromatic N) is 2. The summed E-state index contributed by atoms with van der Waals surface area (Å²) in [6.07, 6.45) is 0.906. The molecule has 1 amide bonds. The van der Waals surface area contributed by atoms with Crippen LogP contribution in [0.3, 0.4) is 0 Å². The van der Waals surface area contributed by atoms with Crippen LogP contribution in [0, 0.1) is 5.92 Å². The van der Waals surface area contributed by atoms with Crippen molar-refractivity contribution in [3.8, 4) is 0 Å². The lowest BCUT2D eigenvalue weighted by Gasteiger charge is -2.55. The average Bonchev–Trinajstić information content (AvgIpc) is 2.66. The zero-order valence-electron chi connectivity index (χ0n) is 16.6. The normalized spacial score (nSPS) is 18.0. The van der Waals surface area contributed by atoms with Crippen molar-refractivity contribution >= 4 is 5.91 Å². The van der Waals surface area contributed by atoms with Crippen LogP contribution in [0.1, 0.15) is 30.4 Å². The minimum atomic E-state index is -0.173. The molecule has 2 aromatic rings. The van der Waals surface area contributed by atoms with Crippen LogP contribution in [0.5, 0.6) is 0 Å². The Morgan fingerprint density at radius 2 is 1.63 bits per heavy atom. The lowest BCUT2D eigenvalue weighted by atomic mass is 9.78. The summed E-state index contributed by atoms with van der Waals surface area (Å²) in [5.41, 5.74) is 8.44. The van der Waals surface area contributed by atoms with E-state index >= 15 is 0 Å². The number of carbonyl (C=O) groups is 1. The van der Waals surface area contributed by atoms with Crippen molar-refractivity contribution in [3.63, 3.8) is 0 Å². The van der Waals surface area contributed by atoms with Gasteiger partial charge in [-0.3, -0.25) is 9.69 Å². The Hall–Kier alpha value is -2.17. The first kappa shape index (κ1) is 19.6. The first-order valence-corrected chi connectivity index (χ1v) is 9.80. The van der Waals surface area contributed by atoms with E-state index in [1.165, 1.54) is 11.1 Å². The summed E-state index contributed by atoms with van der Waals surface area (Å²) >= 11 is 0. The van der Waals surface area contributed by atoms with Crippen LogP contribution in [-0.2, 0) is 10.3 Å². The average molecular weight is 366 g/mol. The monoisotopic (exact) mass is 365 g/mol. The maximum Gasteiger partial charge on any atom is 0.227 e. The smallest absolute Gasteiger partial charge is 0.227 e. The predicted octanol–water partition coefficient (Wildman–Crippen LogP) is 3.05. The van der Waals surface area contributed by atoms with Crippen molar-refractivity contribution in [2.45, 2.75) is 24.8 Å². The quantitative estimate of drug-likeness (QED) is 0.820. The van der Waals surface area contributed by atoms with E-state index in [4.69, 9.17) is 5.73 Å². The van der Waals surface area contributed by atoms with E-state index in [-0.39, 0.29) is 23.3 Å². The first-order valence-electron chi connectivity index (χ1n) is 9.80. The highest BCUT2D eigenvalue weighted by atomic mass is 16.2. The molecule has 0 radical (unpaired) electrons. The van der Waals surface area contributed by atoms with Gasteiger partial charge < -0.3 is 10.6 Å². The lowest BCUT2D eigenvalue weighted by molar-refractivity contribution is -0.150. The van der Waals surface area contributed by atoms with E-state index in [9.17, 15) is 4.79 Å². The maximum atomic E-state index is 13.3. The molecule has 2 aromatic carbocycles. The standard InChI is InChI=1S/C23H31N3O/c1-4-20(18-11-7-5-8-12-18)21(15-24)22(27)26-16-23(17-26,25(2)3)19-13-9-6-10-14-19/h5-14,20-21H,4,15-17,24H2,1-3H3/t20-,21+/m0/s1. The molecule has 1 aliphatic heterocycles. The molecule has 0 aliphatic carbocycles. The topological polar surface area (TPSA) is 49.6 Å². The number of rotatable bonds is 7. The van der Waals surface area contributed by atoms with Gasteiger partial charge in [-0.05, 0) is 37.6 Å². The van der Waals surface area contributed by atoms with E-state index in [0.717, 1.165) is 6.42 Å². The lowest BCUT2D eigenvalue weighted by Crippen LogP contribution is -2.68. The van der Waals surface area contributed by atoms with Gasteiger partial charge >= 0.3 is 0 Å². The Labute approximate surface area is 163 Å². The van der Waals surface area contributed by atoms with Crippen molar-refractivity contribution in [2.75, 3.05) is 33.7 Å². The van der Waals surface area contributed by atoms with Crippen molar-refractivity contribution in [1.82, 2.24) is 9.80 Å². The first-order chi connectivity index (χ1) is 13.0. The third kappa shape index (κ3) is 3.64. The molecule has 1 aliphatic rings. The van der Waals surface area contributed by atoms with Crippen LogP contribution in [0.4, 0.5) is 0 Å². The number of benzene rings is 2. The highest BCUT2D eigenvalue weighted by molar-refractivity contribution is 5.81. The number of likely N-dealkylation sites (tertiary alicyclic amines) is 1. The molecule has 0 saturated carbocycles. The Bertz CT molecular complexity index is 739. The van der Waals surface area contributed by atoms with Crippen LogP contribution in [-0.4, -0.2) is 49.4 Å². The van der Waals surface area contributed by atoms with Gasteiger partial charge in [-0.1, -0.05) is 67.6 Å². The fourth-order valence-electron chi connectivity index (χ4n) is 4.34. The van der Waals surface area contributed by atoms with Crippen LogP contribution >= 0.6 is 0 Å². The molecule has 1 fully saturated rings. The number of amides is 1. The molecule has 0 aromatic heterocycles. The summed E-state index contributed by atoms with van der Waals surface area (Å²) in [5.74, 6) is 0.171. The molecule has 27 heavy (non-hydrogen) atoms. The molecule has 1 heterocycles. The summed E-state index contributed by atoms with van der Waals surface area (Å²) in [7, 11) is 4.18. The van der Waals surface area contributed by atoms with Gasteiger partial charge in [-0.15, -0.1) is 0 Å². The minimum absolute atomic E-state index is 0.107. The summed E-state index contributed by atoms with van der Waals surface area (Å²) in [6, 6.07) is 20.8. The van der Waals surface area contributed by atoms with E-state index in [2.05, 4.69) is 62.3 Å². The summed E-state index contributed by atoms with van der Waals surface area (Å²) < 4.78 is 0. The van der Waals surface area contributed by atoms with Crippen LogP contribution in [0.25, 0.3) is 0 Å². The summed E-state index contributed by atoms with van der Waals surface area (Å²) in [4.78, 5) is 17.5. The zero-order chi connectivity index (χ0) is 19.4. The van der Waals surface area contributed by atoms with Gasteiger partial charge in [0.15, 0.2) is 0 Å². The van der Waals surface area contributed by atoms with Crippen molar-refractivity contribution in [2.24, 2.45) is 11.7 Å². The molecule has 0 unspecified atom stereocenters. The van der Waals surface area contributed by atoms with Crippen LogP contribution in [0.2, 0.25) is 0 Å². The zero-order valence-corrected chi connectivity index (χ0v) is 16.6. The highest BCUT2D eigenvalue weighted by Gasteiger charge is 2.49. The predicted molar refractivity (Wildman–Crippen MR) is 110 cm³/mol. The highest BCUT2D eigenvalue weighted by Crippen LogP contribution is 2.39. The molecule has 0 spiro atoms. The fraction of sp³-hybridized carbons (Fsp3) is 0.435. The molecular formula is C23H31N3O. The Morgan fingerprint density at radius 1 is 1.07 bits per heavy atom. The molecule has 3 rings (SSSR count). The number of nitrogens with two attached hydrogens (primary N) is 1. The molecule has 4 heteroatoms. The second kappa shape index (κ2) is 8.24. The van der Waals surface area contributed by atoms with Gasteiger partial charge in [0.05, 0.1) is 11.5 Å². The second-order valence-electron chi connectivity index (χ2n) is 7.75. The Morgan fingerprint density at radius 3 is 2.11 bits per heavy atom. The van der Waals surface area contributed by atoms with Gasteiger partial charge in [0, 0.05) is 19.6 Å². The van der Waals surface area contributed by atoms with Crippen LogP contribution < -0.4 is 5.73 Å². The SMILES string of the molecule is CC[C@@H](c1ccccc1)[C@@H](CN)C(=O)N1CC(c2ccccc2)(N(C)C)C1. The van der Waals surface area contributed by atoms with Gasteiger partial charge in [0.2, 0.25) is 5.91 Å². The number of carbonyl (C=O) groups excluding carboxylic acids is 1. The van der Waals surface area contributed by atoms with Gasteiger partial charge in [0.1, 0.15) is 0 Å². The second-order valence-corrected chi connectivity index (χ2v) is 7.75. The number of likely N-dealkylation sites (N-methyl/N-ethyl adjacent to an activating group) is 1. The Balaban J connectivity index is 1.78. The minimum Gasteiger partial charge on any atom is -0.338 e. The van der Waals surface area contributed by atoms with Crippen molar-refractivity contribution < 1.29 is 4.79 Å². The maximum absolute atomic E-state index is 13.3. The molecule has 1 saturated heterocycles. The summed E-state index contributed by atoms with van der Waals surface area (Å²) in [5, 5.41) is 0. The molecule has 144 valence electrons. The van der Waals surface area contributed by atoms with Gasteiger partial charge in [-0.2, -0.15) is 0 Å². The number of hydrogen-bond donors (Lipinski definition) is 1. The van der Waals surface area contributed by atoms with E-state index in [1.54, 1.807) is 0 Å². The van der Waals surface area contributed by atoms with Gasteiger partial charge in [0.25, 0.3) is 0 Å². The van der Waals surface area contributed by atoms with Crippen molar-refractivity contribution in [1.29, 1.82) is 0 Å². The van der Waals surface area contributed by atoms with Crippen molar-refractivity contribution in [3.05, 3.63) is 71.8 Å². The largest absolute Gasteiger partial charge is 0.338 e. The molecule has 4 nitrogen and oxygen atoms in total. The van der Waals surface area contributed by atoms with Gasteiger partial charge in [-0.25, -0.2) is 0 Å². The number of hydrogen-bond acceptors (Lipinski definition) is 3. The molecule has 0 bridgehead atoms. The Kier molecular flexibility index (Phi) is 5.98. The third-order valence-corrected chi connectivity index (χ3v) is 6.11. The molecular weight excluding hydrogens is 334 g/mol. The fourth-order valence-corrected chi connectivity index (χ4v) is 4.34. The molecule has 2 N–H and O–H groups in total.